The lowest BCUT2D eigenvalue weighted by Gasteiger charge is -2.32. The highest BCUT2D eigenvalue weighted by Crippen LogP contribution is 2.39. The predicted octanol–water partition coefficient (Wildman–Crippen LogP) is 1.84. The molecule has 0 aromatic carbocycles. The first kappa shape index (κ1) is 13.2. The largest absolute Gasteiger partial charge is 0.498 e. The molecular weight excluding hydrogens is 239 g/mol. The number of rotatable bonds is 3. The molecule has 3 rings (SSSR count). The van der Waals surface area contributed by atoms with E-state index in [1.165, 1.54) is 6.42 Å². The first-order valence-corrected chi connectivity index (χ1v) is 7.16. The Kier molecular flexibility index (Phi) is 2.84. The summed E-state index contributed by atoms with van der Waals surface area (Å²) in [7, 11) is -0.296. The van der Waals surface area contributed by atoms with Gasteiger partial charge in [0, 0.05) is 24.4 Å². The maximum Gasteiger partial charge on any atom is 0.498 e. The predicted molar refractivity (Wildman–Crippen MR) is 75.2 cm³/mol. The molecular formula is C14H23BN2O2. The third-order valence-electron chi connectivity index (χ3n) is 4.88. The minimum atomic E-state index is -0.296. The van der Waals surface area contributed by atoms with Gasteiger partial charge in [0.15, 0.2) is 0 Å². The molecule has 1 saturated carbocycles. The van der Waals surface area contributed by atoms with Gasteiger partial charge in [-0.2, -0.15) is 5.10 Å². The standard InChI is InChI=1S/C14H23BN2O2/c1-10-6-11(10)8-17-9-12(7-16-17)15-18-13(2,3)14(4,5)19-15/h7,9-11H,6,8H2,1-5H3/t10-,11?/m0/s1. The Bertz CT molecular complexity index is 468. The minimum Gasteiger partial charge on any atom is -0.399 e. The smallest absolute Gasteiger partial charge is 0.399 e. The zero-order chi connectivity index (χ0) is 13.8. The summed E-state index contributed by atoms with van der Waals surface area (Å²) in [5.41, 5.74) is 0.446. The zero-order valence-electron chi connectivity index (χ0n) is 12.5. The Hall–Kier alpha value is -0.805. The summed E-state index contributed by atoms with van der Waals surface area (Å²) in [5, 5.41) is 4.43. The van der Waals surface area contributed by atoms with Gasteiger partial charge in [-0.25, -0.2) is 0 Å². The molecule has 1 saturated heterocycles. The molecule has 1 aliphatic carbocycles. The Balaban J connectivity index is 1.70. The molecule has 1 aliphatic heterocycles. The van der Waals surface area contributed by atoms with Gasteiger partial charge in [0.1, 0.15) is 0 Å². The van der Waals surface area contributed by atoms with Gasteiger partial charge >= 0.3 is 7.12 Å². The molecule has 2 heterocycles. The molecule has 1 aromatic heterocycles. The minimum absolute atomic E-state index is 0.287. The van der Waals surface area contributed by atoms with E-state index in [1.54, 1.807) is 0 Å². The number of aromatic nitrogens is 2. The van der Waals surface area contributed by atoms with Crippen LogP contribution in [0.4, 0.5) is 0 Å². The summed E-state index contributed by atoms with van der Waals surface area (Å²) in [4.78, 5) is 0. The second kappa shape index (κ2) is 4.09. The first-order valence-electron chi connectivity index (χ1n) is 7.16. The van der Waals surface area contributed by atoms with Crippen LogP contribution in [0.1, 0.15) is 41.0 Å². The molecule has 0 spiro atoms. The molecule has 0 radical (unpaired) electrons. The quantitative estimate of drug-likeness (QED) is 0.780. The van der Waals surface area contributed by atoms with Crippen molar-refractivity contribution in [3.63, 3.8) is 0 Å². The van der Waals surface area contributed by atoms with Gasteiger partial charge in [0.2, 0.25) is 0 Å². The molecule has 4 nitrogen and oxygen atoms in total. The van der Waals surface area contributed by atoms with Gasteiger partial charge in [-0.1, -0.05) is 6.92 Å². The van der Waals surface area contributed by atoms with E-state index in [2.05, 4.69) is 45.9 Å². The molecule has 0 bridgehead atoms. The summed E-state index contributed by atoms with van der Waals surface area (Å²) in [5.74, 6) is 1.65. The lowest BCUT2D eigenvalue weighted by molar-refractivity contribution is 0.00578. The van der Waals surface area contributed by atoms with Crippen molar-refractivity contribution in [2.45, 2.75) is 58.8 Å². The van der Waals surface area contributed by atoms with Crippen LogP contribution in [0, 0.1) is 11.8 Å². The normalized spacial score (nSPS) is 31.7. The number of hydrogen-bond acceptors (Lipinski definition) is 3. The van der Waals surface area contributed by atoms with E-state index < -0.39 is 0 Å². The lowest BCUT2D eigenvalue weighted by Crippen LogP contribution is -2.41. The summed E-state index contributed by atoms with van der Waals surface area (Å²) in [6, 6.07) is 0. The van der Waals surface area contributed by atoms with E-state index in [4.69, 9.17) is 9.31 Å². The second-order valence-corrected chi connectivity index (χ2v) is 7.06. The lowest BCUT2D eigenvalue weighted by atomic mass is 9.82. The average molecular weight is 262 g/mol. The van der Waals surface area contributed by atoms with Gasteiger partial charge < -0.3 is 9.31 Å². The van der Waals surface area contributed by atoms with Gasteiger partial charge in [-0.15, -0.1) is 0 Å². The van der Waals surface area contributed by atoms with Crippen LogP contribution in [-0.4, -0.2) is 28.1 Å². The highest BCUT2D eigenvalue weighted by Gasteiger charge is 2.52. The van der Waals surface area contributed by atoms with E-state index >= 15 is 0 Å². The maximum absolute atomic E-state index is 6.03. The number of hydrogen-bond donors (Lipinski definition) is 0. The third-order valence-corrected chi connectivity index (χ3v) is 4.88. The monoisotopic (exact) mass is 262 g/mol. The molecule has 0 amide bonds. The molecule has 104 valence electrons. The molecule has 2 aliphatic rings. The van der Waals surface area contributed by atoms with Crippen molar-refractivity contribution in [1.29, 1.82) is 0 Å². The third kappa shape index (κ3) is 2.34. The van der Waals surface area contributed by atoms with Crippen LogP contribution in [0.15, 0.2) is 12.4 Å². The summed E-state index contributed by atoms with van der Waals surface area (Å²) in [6.07, 6.45) is 5.26. The van der Waals surface area contributed by atoms with Crippen molar-refractivity contribution in [3.05, 3.63) is 12.4 Å². The SMILES string of the molecule is C[C@H]1CC1Cn1cc(B2OC(C)(C)C(C)(C)O2)cn1. The Morgan fingerprint density at radius 2 is 1.89 bits per heavy atom. The molecule has 2 fully saturated rings. The zero-order valence-corrected chi connectivity index (χ0v) is 12.5. The molecule has 0 N–H and O–H groups in total. The highest BCUT2D eigenvalue weighted by molar-refractivity contribution is 6.61. The fourth-order valence-corrected chi connectivity index (χ4v) is 2.47. The van der Waals surface area contributed by atoms with Gasteiger partial charge in [0.25, 0.3) is 0 Å². The Morgan fingerprint density at radius 3 is 2.42 bits per heavy atom. The average Bonchev–Trinajstić information content (AvgIpc) is 2.72. The first-order chi connectivity index (χ1) is 8.78. The van der Waals surface area contributed by atoms with Crippen molar-refractivity contribution in [3.8, 4) is 0 Å². The Labute approximate surface area is 115 Å². The molecule has 19 heavy (non-hydrogen) atoms. The fourth-order valence-electron chi connectivity index (χ4n) is 2.47. The van der Waals surface area contributed by atoms with Crippen LogP contribution in [0.2, 0.25) is 0 Å². The summed E-state index contributed by atoms with van der Waals surface area (Å²) < 4.78 is 14.1. The molecule has 1 aromatic rings. The van der Waals surface area contributed by atoms with Crippen LogP contribution in [0.5, 0.6) is 0 Å². The van der Waals surface area contributed by atoms with Crippen LogP contribution in [-0.2, 0) is 15.9 Å². The van der Waals surface area contributed by atoms with Crippen LogP contribution in [0.3, 0.4) is 0 Å². The fraction of sp³-hybridized carbons (Fsp3) is 0.786. The highest BCUT2D eigenvalue weighted by atomic mass is 16.7. The summed E-state index contributed by atoms with van der Waals surface area (Å²) in [6.45, 7) is 11.6. The van der Waals surface area contributed by atoms with E-state index in [1.807, 2.05) is 10.9 Å². The van der Waals surface area contributed by atoms with Crippen LogP contribution in [0.25, 0.3) is 0 Å². The van der Waals surface area contributed by atoms with Gasteiger partial charge in [-0.05, 0) is 46.0 Å². The van der Waals surface area contributed by atoms with Crippen LogP contribution >= 0.6 is 0 Å². The molecule has 5 heteroatoms. The second-order valence-electron chi connectivity index (χ2n) is 7.06. The van der Waals surface area contributed by atoms with Gasteiger partial charge in [0.05, 0.1) is 11.2 Å². The van der Waals surface area contributed by atoms with Crippen molar-refractivity contribution < 1.29 is 9.31 Å². The Morgan fingerprint density at radius 1 is 1.32 bits per heavy atom. The van der Waals surface area contributed by atoms with Crippen LogP contribution < -0.4 is 5.46 Å². The number of nitrogens with zero attached hydrogens (tertiary/aromatic N) is 2. The maximum atomic E-state index is 6.03. The summed E-state index contributed by atoms with van der Waals surface area (Å²) >= 11 is 0. The van der Waals surface area contributed by atoms with Crippen molar-refractivity contribution in [2.75, 3.05) is 0 Å². The van der Waals surface area contributed by atoms with Crippen molar-refractivity contribution in [2.24, 2.45) is 11.8 Å². The van der Waals surface area contributed by atoms with E-state index in [0.717, 1.165) is 23.8 Å². The van der Waals surface area contributed by atoms with Crippen molar-refractivity contribution >= 4 is 12.6 Å². The molecule has 1 unspecified atom stereocenters. The topological polar surface area (TPSA) is 36.3 Å². The van der Waals surface area contributed by atoms with E-state index in [9.17, 15) is 0 Å². The van der Waals surface area contributed by atoms with Crippen molar-refractivity contribution in [1.82, 2.24) is 9.78 Å². The van der Waals surface area contributed by atoms with Gasteiger partial charge in [-0.3, -0.25) is 4.68 Å². The van der Waals surface area contributed by atoms with E-state index in [0.29, 0.717) is 0 Å². The van der Waals surface area contributed by atoms with E-state index in [-0.39, 0.29) is 18.3 Å². The molecule has 2 atom stereocenters.